The zero-order chi connectivity index (χ0) is 21.3. The first-order chi connectivity index (χ1) is 14.5. The number of benzene rings is 1. The van der Waals surface area contributed by atoms with Crippen molar-refractivity contribution in [2.75, 3.05) is 6.54 Å². The molecule has 0 saturated carbocycles. The third kappa shape index (κ3) is 3.56. The summed E-state index contributed by atoms with van der Waals surface area (Å²) in [4.78, 5) is 50.5. The molecule has 2 atom stereocenters. The molecule has 1 aromatic carbocycles. The van der Waals surface area contributed by atoms with Gasteiger partial charge in [0, 0.05) is 19.2 Å². The molecule has 8 heteroatoms. The van der Waals surface area contributed by atoms with Crippen LogP contribution in [0.3, 0.4) is 0 Å². The summed E-state index contributed by atoms with van der Waals surface area (Å²) in [7, 11) is 0. The number of rotatable bonds is 7. The molecule has 0 bridgehead atoms. The van der Waals surface area contributed by atoms with Crippen molar-refractivity contribution in [3.05, 3.63) is 59.7 Å². The van der Waals surface area contributed by atoms with Gasteiger partial charge < -0.3 is 10.3 Å². The lowest BCUT2D eigenvalue weighted by Crippen LogP contribution is -2.37. The van der Waals surface area contributed by atoms with Crippen LogP contribution in [0.25, 0.3) is 11.0 Å². The summed E-state index contributed by atoms with van der Waals surface area (Å²) in [5.74, 6) is -0.266. The minimum Gasteiger partial charge on any atom is -0.346 e. The van der Waals surface area contributed by atoms with Crippen LogP contribution in [-0.4, -0.2) is 44.1 Å². The second-order valence-electron chi connectivity index (χ2n) is 7.48. The monoisotopic (exact) mass is 405 g/mol. The van der Waals surface area contributed by atoms with E-state index in [0.717, 1.165) is 22.4 Å². The Bertz CT molecular complexity index is 1050. The number of amides is 3. The second kappa shape index (κ2) is 8.06. The quantitative estimate of drug-likeness (QED) is 0.588. The molecule has 0 unspecified atom stereocenters. The van der Waals surface area contributed by atoms with E-state index in [1.165, 1.54) is 6.20 Å². The number of para-hydroxylation sites is 2. The highest BCUT2D eigenvalue weighted by Gasteiger charge is 2.36. The lowest BCUT2D eigenvalue weighted by atomic mass is 9.98. The van der Waals surface area contributed by atoms with Gasteiger partial charge in [-0.05, 0) is 30.2 Å². The summed E-state index contributed by atoms with van der Waals surface area (Å²) in [5, 5.41) is 3.02. The van der Waals surface area contributed by atoms with E-state index in [-0.39, 0.29) is 42.1 Å². The average molecular weight is 405 g/mol. The van der Waals surface area contributed by atoms with Crippen LogP contribution in [-0.2, 0) is 4.79 Å². The average Bonchev–Trinajstić information content (AvgIpc) is 3.30. The maximum atomic E-state index is 12.7. The van der Waals surface area contributed by atoms with Crippen molar-refractivity contribution in [3.8, 4) is 0 Å². The third-order valence-corrected chi connectivity index (χ3v) is 5.53. The molecule has 0 aliphatic carbocycles. The number of aromatic amines is 1. The SMILES string of the molecule is CC[C@H](C)[C@@H](NC(=O)CCN1C(=O)c2cccnc2C1=O)c1nc2ccccc2[nH]1. The maximum Gasteiger partial charge on any atom is 0.280 e. The van der Waals surface area contributed by atoms with Crippen molar-refractivity contribution in [2.24, 2.45) is 5.92 Å². The van der Waals surface area contributed by atoms with Crippen LogP contribution in [0, 0.1) is 5.92 Å². The number of pyridine rings is 1. The van der Waals surface area contributed by atoms with E-state index in [1.807, 2.05) is 31.2 Å². The van der Waals surface area contributed by atoms with Crippen molar-refractivity contribution in [1.82, 2.24) is 25.2 Å². The van der Waals surface area contributed by atoms with Gasteiger partial charge in [-0.1, -0.05) is 32.4 Å². The van der Waals surface area contributed by atoms with Gasteiger partial charge in [-0.25, -0.2) is 4.98 Å². The smallest absolute Gasteiger partial charge is 0.280 e. The summed E-state index contributed by atoms with van der Waals surface area (Å²) < 4.78 is 0. The number of nitrogens with one attached hydrogen (secondary N) is 2. The van der Waals surface area contributed by atoms with E-state index in [9.17, 15) is 14.4 Å². The van der Waals surface area contributed by atoms with Crippen molar-refractivity contribution >= 4 is 28.8 Å². The molecule has 8 nitrogen and oxygen atoms in total. The number of fused-ring (bicyclic) bond motifs is 2. The number of H-pyrrole nitrogens is 1. The summed E-state index contributed by atoms with van der Waals surface area (Å²) in [5.41, 5.74) is 2.17. The molecule has 2 aromatic heterocycles. The van der Waals surface area contributed by atoms with E-state index >= 15 is 0 Å². The van der Waals surface area contributed by atoms with Gasteiger partial charge in [0.15, 0.2) is 0 Å². The van der Waals surface area contributed by atoms with E-state index in [4.69, 9.17) is 0 Å². The molecule has 2 N–H and O–H groups in total. The molecular weight excluding hydrogens is 382 g/mol. The van der Waals surface area contributed by atoms with E-state index in [0.29, 0.717) is 5.82 Å². The van der Waals surface area contributed by atoms with Crippen molar-refractivity contribution in [3.63, 3.8) is 0 Å². The summed E-state index contributed by atoms with van der Waals surface area (Å²) >= 11 is 0. The van der Waals surface area contributed by atoms with Gasteiger partial charge in [-0.15, -0.1) is 0 Å². The number of nitrogens with zero attached hydrogens (tertiary/aromatic N) is 3. The highest BCUT2D eigenvalue weighted by Crippen LogP contribution is 2.25. The Hall–Kier alpha value is -3.55. The van der Waals surface area contributed by atoms with E-state index in [2.05, 4.69) is 27.2 Å². The fraction of sp³-hybridized carbons (Fsp3) is 0.318. The Kier molecular flexibility index (Phi) is 5.31. The van der Waals surface area contributed by atoms with Crippen molar-refractivity contribution in [1.29, 1.82) is 0 Å². The van der Waals surface area contributed by atoms with Crippen LogP contribution < -0.4 is 5.32 Å². The molecular formula is C22H23N5O3. The van der Waals surface area contributed by atoms with Crippen LogP contribution >= 0.6 is 0 Å². The number of carbonyl (C=O) groups excluding carboxylic acids is 3. The molecule has 0 fully saturated rings. The first-order valence-corrected chi connectivity index (χ1v) is 10.0. The first kappa shape index (κ1) is 19.8. The van der Waals surface area contributed by atoms with Gasteiger partial charge in [0.25, 0.3) is 11.8 Å². The zero-order valence-electron chi connectivity index (χ0n) is 16.9. The molecule has 154 valence electrons. The zero-order valence-corrected chi connectivity index (χ0v) is 16.9. The van der Waals surface area contributed by atoms with Crippen LogP contribution in [0.1, 0.15) is 59.4 Å². The lowest BCUT2D eigenvalue weighted by molar-refractivity contribution is -0.122. The van der Waals surface area contributed by atoms with Gasteiger partial charge in [0.1, 0.15) is 11.5 Å². The molecule has 1 aliphatic rings. The Balaban J connectivity index is 1.45. The molecule has 3 heterocycles. The van der Waals surface area contributed by atoms with E-state index < -0.39 is 11.8 Å². The van der Waals surface area contributed by atoms with Gasteiger partial charge in [0.05, 0.1) is 22.6 Å². The van der Waals surface area contributed by atoms with Crippen LogP contribution in [0.2, 0.25) is 0 Å². The molecule has 0 spiro atoms. The predicted molar refractivity (Wildman–Crippen MR) is 111 cm³/mol. The predicted octanol–water partition coefficient (Wildman–Crippen LogP) is 2.85. The summed E-state index contributed by atoms with van der Waals surface area (Å²) in [6.07, 6.45) is 2.34. The van der Waals surface area contributed by atoms with Crippen LogP contribution in [0.4, 0.5) is 0 Å². The molecule has 3 aromatic rings. The molecule has 0 radical (unpaired) electrons. The number of hydrogen-bond acceptors (Lipinski definition) is 5. The molecule has 30 heavy (non-hydrogen) atoms. The van der Waals surface area contributed by atoms with Gasteiger partial charge in [-0.3, -0.25) is 24.3 Å². The standard InChI is InChI=1S/C22H23N5O3/c1-3-13(2)18(20-24-15-8-4-5-9-16(15)25-20)26-17(28)10-12-27-21(29)14-7-6-11-23-19(14)22(27)30/h4-9,11,13,18H,3,10,12H2,1-2H3,(H,24,25)(H,26,28)/t13-,18+/m0/s1. The largest absolute Gasteiger partial charge is 0.346 e. The number of aromatic nitrogens is 3. The second-order valence-corrected chi connectivity index (χ2v) is 7.48. The topological polar surface area (TPSA) is 108 Å². The number of imide groups is 1. The third-order valence-electron chi connectivity index (χ3n) is 5.53. The lowest BCUT2D eigenvalue weighted by Gasteiger charge is -2.23. The molecule has 4 rings (SSSR count). The van der Waals surface area contributed by atoms with E-state index in [1.54, 1.807) is 12.1 Å². The number of hydrogen-bond donors (Lipinski definition) is 2. The maximum absolute atomic E-state index is 12.7. The fourth-order valence-electron chi connectivity index (χ4n) is 3.61. The Morgan fingerprint density at radius 1 is 1.17 bits per heavy atom. The summed E-state index contributed by atoms with van der Waals surface area (Å²) in [6.45, 7) is 4.11. The van der Waals surface area contributed by atoms with Crippen molar-refractivity contribution in [2.45, 2.75) is 32.7 Å². The fourth-order valence-corrected chi connectivity index (χ4v) is 3.61. The Morgan fingerprint density at radius 3 is 2.70 bits per heavy atom. The van der Waals surface area contributed by atoms with Gasteiger partial charge in [0.2, 0.25) is 5.91 Å². The minimum absolute atomic E-state index is 0.00716. The van der Waals surface area contributed by atoms with Gasteiger partial charge in [-0.2, -0.15) is 0 Å². The normalized spacial score (nSPS) is 15.3. The van der Waals surface area contributed by atoms with Crippen LogP contribution in [0.5, 0.6) is 0 Å². The first-order valence-electron chi connectivity index (χ1n) is 10.0. The van der Waals surface area contributed by atoms with Gasteiger partial charge >= 0.3 is 0 Å². The molecule has 3 amide bonds. The highest BCUT2D eigenvalue weighted by atomic mass is 16.2. The number of carbonyl (C=O) groups is 3. The summed E-state index contributed by atoms with van der Waals surface area (Å²) in [6, 6.07) is 10.6. The minimum atomic E-state index is -0.459. The Labute approximate surface area is 173 Å². The number of imidazole rings is 1. The van der Waals surface area contributed by atoms with Crippen molar-refractivity contribution < 1.29 is 14.4 Å². The van der Waals surface area contributed by atoms with Crippen LogP contribution in [0.15, 0.2) is 42.6 Å². The molecule has 0 saturated heterocycles. The highest BCUT2D eigenvalue weighted by molar-refractivity contribution is 6.20. The molecule has 1 aliphatic heterocycles. The Morgan fingerprint density at radius 2 is 1.97 bits per heavy atom.